The molecule has 4 heteroatoms. The number of para-hydroxylation sites is 2. The molecule has 0 aliphatic carbocycles. The van der Waals surface area contributed by atoms with E-state index in [0.29, 0.717) is 11.1 Å². The van der Waals surface area contributed by atoms with Gasteiger partial charge in [0.15, 0.2) is 0 Å². The van der Waals surface area contributed by atoms with Gasteiger partial charge in [-0.15, -0.1) is 0 Å². The smallest absolute Gasteiger partial charge is 0.339 e. The molecule has 0 fully saturated rings. The number of carbonyl (C=O) groups is 1. The molecule has 0 aliphatic rings. The van der Waals surface area contributed by atoms with Gasteiger partial charge in [0.25, 0.3) is 0 Å². The van der Waals surface area contributed by atoms with Gasteiger partial charge in [0.05, 0.1) is 0 Å². The van der Waals surface area contributed by atoms with Crippen molar-refractivity contribution in [1.29, 1.82) is 0 Å². The molecule has 0 aliphatic heterocycles. The van der Waals surface area contributed by atoms with E-state index in [9.17, 15) is 15.0 Å². The maximum absolute atomic E-state index is 10.9. The first kappa shape index (κ1) is 12.0. The molecule has 3 N–H and O–H groups in total. The first-order valence-corrected chi connectivity index (χ1v) is 5.40. The number of aromatic hydroxyl groups is 2. The predicted molar refractivity (Wildman–Crippen MR) is 66.0 cm³/mol. The number of rotatable bonds is 3. The average molecular weight is 244 g/mol. The van der Waals surface area contributed by atoms with E-state index in [2.05, 4.69) is 0 Å². The van der Waals surface area contributed by atoms with Gasteiger partial charge in [0.2, 0.25) is 0 Å². The lowest BCUT2D eigenvalue weighted by atomic mass is 10.0. The zero-order valence-electron chi connectivity index (χ0n) is 9.50. The Bertz CT molecular complexity index is 590. The molecule has 2 rings (SSSR count). The Hall–Kier alpha value is -2.49. The van der Waals surface area contributed by atoms with Crippen molar-refractivity contribution in [3.8, 4) is 11.5 Å². The lowest BCUT2D eigenvalue weighted by Crippen LogP contribution is -1.99. The van der Waals surface area contributed by atoms with Crippen molar-refractivity contribution in [2.45, 2.75) is 6.42 Å². The summed E-state index contributed by atoms with van der Waals surface area (Å²) in [6.07, 6.45) is 0.277. The minimum Gasteiger partial charge on any atom is -0.508 e. The summed E-state index contributed by atoms with van der Waals surface area (Å²) in [5.41, 5.74) is 0.967. The number of benzene rings is 2. The van der Waals surface area contributed by atoms with E-state index in [0.717, 1.165) is 0 Å². The minimum atomic E-state index is -1.17. The van der Waals surface area contributed by atoms with Crippen LogP contribution in [0.5, 0.6) is 11.5 Å². The molecule has 0 aromatic heterocycles. The molecule has 2 aromatic rings. The monoisotopic (exact) mass is 244 g/mol. The molecule has 0 radical (unpaired) electrons. The van der Waals surface area contributed by atoms with Crippen molar-refractivity contribution in [1.82, 2.24) is 0 Å². The quantitative estimate of drug-likeness (QED) is 0.774. The average Bonchev–Trinajstić information content (AvgIpc) is 2.34. The molecular weight excluding hydrogens is 232 g/mol. The van der Waals surface area contributed by atoms with Gasteiger partial charge >= 0.3 is 5.97 Å². The second-order valence-electron chi connectivity index (χ2n) is 3.92. The van der Waals surface area contributed by atoms with Crippen LogP contribution >= 0.6 is 0 Å². The molecule has 0 spiro atoms. The molecule has 0 bridgehead atoms. The largest absolute Gasteiger partial charge is 0.508 e. The molecule has 0 atom stereocenters. The Kier molecular flexibility index (Phi) is 3.19. The van der Waals surface area contributed by atoms with Gasteiger partial charge in [-0.3, -0.25) is 0 Å². The summed E-state index contributed by atoms with van der Waals surface area (Å²) in [6.45, 7) is 0. The summed E-state index contributed by atoms with van der Waals surface area (Å²) < 4.78 is 0. The summed E-state index contributed by atoms with van der Waals surface area (Å²) in [5, 5.41) is 28.4. The van der Waals surface area contributed by atoms with Crippen molar-refractivity contribution in [2.75, 3.05) is 0 Å². The Morgan fingerprint density at radius 3 is 2.28 bits per heavy atom. The second-order valence-corrected chi connectivity index (χ2v) is 3.92. The fourth-order valence-electron chi connectivity index (χ4n) is 1.77. The van der Waals surface area contributed by atoms with Crippen LogP contribution in [0.3, 0.4) is 0 Å². The highest BCUT2D eigenvalue weighted by molar-refractivity contribution is 5.91. The lowest BCUT2D eigenvalue weighted by Gasteiger charge is -2.08. The molecule has 0 amide bonds. The minimum absolute atomic E-state index is 0.123. The van der Waals surface area contributed by atoms with Crippen molar-refractivity contribution in [2.24, 2.45) is 0 Å². The van der Waals surface area contributed by atoms with Crippen molar-refractivity contribution < 1.29 is 20.1 Å². The first-order chi connectivity index (χ1) is 8.59. The zero-order chi connectivity index (χ0) is 13.1. The maximum Gasteiger partial charge on any atom is 0.339 e. The Labute approximate surface area is 104 Å². The van der Waals surface area contributed by atoms with Gasteiger partial charge in [-0.1, -0.05) is 30.3 Å². The third kappa shape index (κ3) is 2.27. The van der Waals surface area contributed by atoms with Crippen LogP contribution in [0.15, 0.2) is 42.5 Å². The topological polar surface area (TPSA) is 77.8 Å². The van der Waals surface area contributed by atoms with Crippen LogP contribution < -0.4 is 0 Å². The highest BCUT2D eigenvalue weighted by Gasteiger charge is 2.13. The summed E-state index contributed by atoms with van der Waals surface area (Å²) in [5.74, 6) is -1.31. The summed E-state index contributed by atoms with van der Waals surface area (Å²) in [6, 6.07) is 11.3. The SMILES string of the molecule is O=C(O)c1cccc(Cc2ccccc2O)c1O. The molecule has 0 heterocycles. The van der Waals surface area contributed by atoms with E-state index in [1.165, 1.54) is 6.07 Å². The van der Waals surface area contributed by atoms with Gasteiger partial charge in [0.1, 0.15) is 17.1 Å². The van der Waals surface area contributed by atoms with Crippen LogP contribution in [0.25, 0.3) is 0 Å². The summed E-state index contributed by atoms with van der Waals surface area (Å²) in [4.78, 5) is 10.9. The van der Waals surface area contributed by atoms with Crippen LogP contribution in [-0.2, 0) is 6.42 Å². The number of carboxylic acid groups (broad SMARTS) is 1. The summed E-state index contributed by atoms with van der Waals surface area (Å²) >= 11 is 0. The van der Waals surface area contributed by atoms with E-state index >= 15 is 0 Å². The first-order valence-electron chi connectivity index (χ1n) is 5.40. The van der Waals surface area contributed by atoms with Crippen LogP contribution in [0, 0.1) is 0 Å². The maximum atomic E-state index is 10.9. The van der Waals surface area contributed by atoms with Crippen LogP contribution in [0.4, 0.5) is 0 Å². The standard InChI is InChI=1S/C14H12O4/c15-12-7-2-1-4-9(12)8-10-5-3-6-11(13(10)16)14(17)18/h1-7,15-16H,8H2,(H,17,18). The fraction of sp³-hybridized carbons (Fsp3) is 0.0714. The number of phenols is 2. The highest BCUT2D eigenvalue weighted by atomic mass is 16.4. The lowest BCUT2D eigenvalue weighted by molar-refractivity contribution is 0.0693. The molecule has 2 aromatic carbocycles. The van der Waals surface area contributed by atoms with Crippen LogP contribution in [0.1, 0.15) is 21.5 Å². The van der Waals surface area contributed by atoms with E-state index in [-0.39, 0.29) is 23.5 Å². The zero-order valence-corrected chi connectivity index (χ0v) is 9.50. The molecular formula is C14H12O4. The van der Waals surface area contributed by atoms with E-state index in [4.69, 9.17) is 5.11 Å². The molecule has 0 saturated carbocycles. The van der Waals surface area contributed by atoms with Crippen LogP contribution in [-0.4, -0.2) is 21.3 Å². The van der Waals surface area contributed by atoms with Crippen molar-refractivity contribution in [3.05, 3.63) is 59.2 Å². The van der Waals surface area contributed by atoms with Crippen LogP contribution in [0.2, 0.25) is 0 Å². The molecule has 0 saturated heterocycles. The normalized spacial score (nSPS) is 10.2. The third-order valence-corrected chi connectivity index (χ3v) is 2.72. The van der Waals surface area contributed by atoms with Crippen molar-refractivity contribution >= 4 is 5.97 Å². The molecule has 4 nitrogen and oxygen atoms in total. The number of hydrogen-bond acceptors (Lipinski definition) is 3. The van der Waals surface area contributed by atoms with Gasteiger partial charge < -0.3 is 15.3 Å². The van der Waals surface area contributed by atoms with Gasteiger partial charge in [0, 0.05) is 6.42 Å². The molecule has 0 unspecified atom stereocenters. The van der Waals surface area contributed by atoms with E-state index < -0.39 is 5.97 Å². The van der Waals surface area contributed by atoms with Crippen molar-refractivity contribution in [3.63, 3.8) is 0 Å². The predicted octanol–water partition coefficient (Wildman–Crippen LogP) is 2.39. The van der Waals surface area contributed by atoms with Gasteiger partial charge in [-0.25, -0.2) is 4.79 Å². The number of phenolic OH excluding ortho intramolecular Hbond substituents is 1. The molecule has 92 valence electrons. The Balaban J connectivity index is 2.39. The fourth-order valence-corrected chi connectivity index (χ4v) is 1.77. The second kappa shape index (κ2) is 4.79. The molecule has 18 heavy (non-hydrogen) atoms. The number of carboxylic acids is 1. The van der Waals surface area contributed by atoms with E-state index in [1.807, 2.05) is 0 Å². The van der Waals surface area contributed by atoms with E-state index in [1.54, 1.807) is 36.4 Å². The summed E-state index contributed by atoms with van der Waals surface area (Å²) in [7, 11) is 0. The Morgan fingerprint density at radius 2 is 1.61 bits per heavy atom. The van der Waals surface area contributed by atoms with Gasteiger partial charge in [-0.2, -0.15) is 0 Å². The highest BCUT2D eigenvalue weighted by Crippen LogP contribution is 2.27. The number of hydrogen-bond donors (Lipinski definition) is 3. The Morgan fingerprint density at radius 1 is 0.944 bits per heavy atom. The van der Waals surface area contributed by atoms with Gasteiger partial charge in [-0.05, 0) is 23.3 Å². The third-order valence-electron chi connectivity index (χ3n) is 2.72. The number of aromatic carboxylic acids is 1.